The molecule has 0 N–H and O–H groups in total. The second-order valence-corrected chi connectivity index (χ2v) is 4.76. The summed E-state index contributed by atoms with van der Waals surface area (Å²) in [5.74, 6) is 0.206. The van der Waals surface area contributed by atoms with Crippen molar-refractivity contribution >= 4 is 11.7 Å². The highest BCUT2D eigenvalue weighted by Gasteiger charge is 2.06. The molecule has 18 heavy (non-hydrogen) atoms. The van der Waals surface area contributed by atoms with Gasteiger partial charge in [-0.25, -0.2) is 0 Å². The van der Waals surface area contributed by atoms with Crippen molar-refractivity contribution in [1.82, 2.24) is 0 Å². The zero-order valence-corrected chi connectivity index (χ0v) is 11.6. The normalized spacial score (nSPS) is 11.7. The molecule has 0 spiro atoms. The molecule has 3 heteroatoms. The number of esters is 1. The Kier molecular flexibility index (Phi) is 5.56. The molecule has 0 saturated carbocycles. The number of ether oxygens (including phenoxy) is 1. The average molecular weight is 247 g/mol. The van der Waals surface area contributed by atoms with Crippen molar-refractivity contribution in [3.8, 4) is 0 Å². The van der Waals surface area contributed by atoms with Gasteiger partial charge < -0.3 is 4.74 Å². The summed E-state index contributed by atoms with van der Waals surface area (Å²) in [7, 11) is 1.77. The lowest BCUT2D eigenvalue weighted by molar-refractivity contribution is -0.143. The van der Waals surface area contributed by atoms with E-state index < -0.39 is 0 Å². The fraction of sp³-hybridized carbons (Fsp3) is 0.467. The molecule has 0 aliphatic rings. The van der Waals surface area contributed by atoms with Crippen LogP contribution in [0.1, 0.15) is 31.9 Å². The van der Waals surface area contributed by atoms with Crippen molar-refractivity contribution in [2.75, 3.05) is 13.7 Å². The van der Waals surface area contributed by atoms with Gasteiger partial charge in [0.25, 0.3) is 0 Å². The quantitative estimate of drug-likeness (QED) is 0.593. The third-order valence-corrected chi connectivity index (χ3v) is 2.63. The molecule has 1 rings (SSSR count). The van der Waals surface area contributed by atoms with Gasteiger partial charge in [0.1, 0.15) is 0 Å². The van der Waals surface area contributed by atoms with E-state index in [1.165, 1.54) is 0 Å². The standard InChI is InChI=1S/C15H21NO2/c1-11(2)10-18-15(17)9-13-5-7-14(8-6-13)12(3)16-4/h5-8,11H,9-10H2,1-4H3. The maximum atomic E-state index is 11.5. The van der Waals surface area contributed by atoms with Crippen molar-refractivity contribution in [3.63, 3.8) is 0 Å². The predicted octanol–water partition coefficient (Wildman–Crippen LogP) is 2.87. The van der Waals surface area contributed by atoms with Crippen LogP contribution in [0.25, 0.3) is 0 Å². The number of carbonyl (C=O) groups excluding carboxylic acids is 1. The smallest absolute Gasteiger partial charge is 0.310 e. The van der Waals surface area contributed by atoms with Crippen molar-refractivity contribution in [2.24, 2.45) is 10.9 Å². The fourth-order valence-corrected chi connectivity index (χ4v) is 1.47. The fourth-order valence-electron chi connectivity index (χ4n) is 1.47. The molecular formula is C15H21NO2. The molecule has 0 bridgehead atoms. The minimum atomic E-state index is -0.169. The number of aliphatic imine (C=N–C) groups is 1. The number of carbonyl (C=O) groups is 1. The van der Waals surface area contributed by atoms with Gasteiger partial charge in [-0.1, -0.05) is 38.1 Å². The highest BCUT2D eigenvalue weighted by molar-refractivity contribution is 5.98. The van der Waals surface area contributed by atoms with Crippen LogP contribution in [-0.2, 0) is 16.0 Å². The van der Waals surface area contributed by atoms with Crippen LogP contribution in [0, 0.1) is 5.92 Å². The summed E-state index contributed by atoms with van der Waals surface area (Å²) in [5.41, 5.74) is 3.04. The molecule has 0 fully saturated rings. The van der Waals surface area contributed by atoms with Gasteiger partial charge in [0.15, 0.2) is 0 Å². The molecule has 1 aromatic carbocycles. The highest BCUT2D eigenvalue weighted by Crippen LogP contribution is 2.07. The summed E-state index contributed by atoms with van der Waals surface area (Å²) in [6, 6.07) is 7.85. The number of hydrogen-bond acceptors (Lipinski definition) is 3. The van der Waals surface area contributed by atoms with Gasteiger partial charge in [0.2, 0.25) is 0 Å². The molecule has 1 aromatic rings. The topological polar surface area (TPSA) is 38.7 Å². The SMILES string of the molecule is CN=C(C)c1ccc(CC(=O)OCC(C)C)cc1. The van der Waals surface area contributed by atoms with Gasteiger partial charge >= 0.3 is 5.97 Å². The van der Waals surface area contributed by atoms with Crippen LogP contribution in [0.4, 0.5) is 0 Å². The van der Waals surface area contributed by atoms with E-state index in [1.807, 2.05) is 45.0 Å². The maximum absolute atomic E-state index is 11.5. The Hall–Kier alpha value is -1.64. The number of benzene rings is 1. The monoisotopic (exact) mass is 247 g/mol. The molecule has 0 aliphatic carbocycles. The van der Waals surface area contributed by atoms with Crippen LogP contribution in [0.2, 0.25) is 0 Å². The summed E-state index contributed by atoms with van der Waals surface area (Å²) < 4.78 is 5.14. The van der Waals surface area contributed by atoms with E-state index in [0.717, 1.165) is 16.8 Å². The Morgan fingerprint density at radius 2 is 1.89 bits per heavy atom. The molecule has 0 saturated heterocycles. The minimum Gasteiger partial charge on any atom is -0.465 e. The first-order valence-electron chi connectivity index (χ1n) is 6.21. The van der Waals surface area contributed by atoms with Gasteiger partial charge in [0.05, 0.1) is 13.0 Å². The largest absolute Gasteiger partial charge is 0.465 e. The van der Waals surface area contributed by atoms with Crippen LogP contribution < -0.4 is 0 Å². The molecule has 0 atom stereocenters. The van der Waals surface area contributed by atoms with E-state index in [0.29, 0.717) is 18.9 Å². The zero-order valence-electron chi connectivity index (χ0n) is 11.6. The van der Waals surface area contributed by atoms with Crippen molar-refractivity contribution in [1.29, 1.82) is 0 Å². The molecule has 0 radical (unpaired) electrons. The molecular weight excluding hydrogens is 226 g/mol. The third kappa shape index (κ3) is 4.70. The van der Waals surface area contributed by atoms with Crippen molar-refractivity contribution < 1.29 is 9.53 Å². The first-order chi connectivity index (χ1) is 8.52. The van der Waals surface area contributed by atoms with Crippen molar-refractivity contribution in [3.05, 3.63) is 35.4 Å². The second-order valence-electron chi connectivity index (χ2n) is 4.76. The van der Waals surface area contributed by atoms with E-state index in [-0.39, 0.29) is 5.97 Å². The van der Waals surface area contributed by atoms with Crippen LogP contribution >= 0.6 is 0 Å². The lowest BCUT2D eigenvalue weighted by Crippen LogP contribution is -2.12. The van der Waals surface area contributed by atoms with E-state index in [2.05, 4.69) is 4.99 Å². The van der Waals surface area contributed by atoms with Gasteiger partial charge in [0, 0.05) is 12.8 Å². The van der Waals surface area contributed by atoms with Crippen LogP contribution in [-0.4, -0.2) is 25.3 Å². The van der Waals surface area contributed by atoms with E-state index in [1.54, 1.807) is 7.05 Å². The first-order valence-corrected chi connectivity index (χ1v) is 6.21. The number of nitrogens with zero attached hydrogens (tertiary/aromatic N) is 1. The Labute approximate surface area is 109 Å². The Bertz CT molecular complexity index is 419. The van der Waals surface area contributed by atoms with E-state index in [9.17, 15) is 4.79 Å². The summed E-state index contributed by atoms with van der Waals surface area (Å²) in [5, 5.41) is 0. The Morgan fingerprint density at radius 3 is 2.39 bits per heavy atom. The average Bonchev–Trinajstić information content (AvgIpc) is 2.36. The maximum Gasteiger partial charge on any atom is 0.310 e. The molecule has 0 amide bonds. The Balaban J connectivity index is 2.56. The Morgan fingerprint density at radius 1 is 1.28 bits per heavy atom. The highest BCUT2D eigenvalue weighted by atomic mass is 16.5. The van der Waals surface area contributed by atoms with Gasteiger partial charge in [-0.15, -0.1) is 0 Å². The van der Waals surface area contributed by atoms with Gasteiger partial charge in [-0.05, 0) is 24.0 Å². The molecule has 3 nitrogen and oxygen atoms in total. The van der Waals surface area contributed by atoms with Gasteiger partial charge in [-0.2, -0.15) is 0 Å². The molecule has 0 aliphatic heterocycles. The third-order valence-electron chi connectivity index (χ3n) is 2.63. The molecule has 0 heterocycles. The van der Waals surface area contributed by atoms with Gasteiger partial charge in [-0.3, -0.25) is 9.79 Å². The number of hydrogen-bond donors (Lipinski definition) is 0. The molecule has 0 unspecified atom stereocenters. The zero-order chi connectivity index (χ0) is 13.5. The van der Waals surface area contributed by atoms with E-state index in [4.69, 9.17) is 4.74 Å². The molecule has 0 aromatic heterocycles. The summed E-state index contributed by atoms with van der Waals surface area (Å²) in [6.45, 7) is 6.49. The lowest BCUT2D eigenvalue weighted by Gasteiger charge is -2.07. The molecule has 98 valence electrons. The lowest BCUT2D eigenvalue weighted by atomic mass is 10.1. The summed E-state index contributed by atoms with van der Waals surface area (Å²) >= 11 is 0. The van der Waals surface area contributed by atoms with Crippen LogP contribution in [0.5, 0.6) is 0 Å². The summed E-state index contributed by atoms with van der Waals surface area (Å²) in [4.78, 5) is 15.7. The minimum absolute atomic E-state index is 0.169. The first kappa shape index (κ1) is 14.4. The van der Waals surface area contributed by atoms with Crippen molar-refractivity contribution in [2.45, 2.75) is 27.2 Å². The number of rotatable bonds is 5. The van der Waals surface area contributed by atoms with E-state index >= 15 is 0 Å². The second kappa shape index (κ2) is 6.94. The summed E-state index contributed by atoms with van der Waals surface area (Å²) in [6.07, 6.45) is 0.329. The van der Waals surface area contributed by atoms with Crippen LogP contribution in [0.15, 0.2) is 29.3 Å². The predicted molar refractivity (Wildman–Crippen MR) is 74.1 cm³/mol. The van der Waals surface area contributed by atoms with Crippen LogP contribution in [0.3, 0.4) is 0 Å².